The van der Waals surface area contributed by atoms with Gasteiger partial charge in [0.15, 0.2) is 0 Å². The summed E-state index contributed by atoms with van der Waals surface area (Å²) in [6.07, 6.45) is 5.43. The zero-order valence-electron chi connectivity index (χ0n) is 11.1. The van der Waals surface area contributed by atoms with Gasteiger partial charge in [0.05, 0.1) is 6.33 Å². The molecule has 0 aliphatic carbocycles. The van der Waals surface area contributed by atoms with E-state index in [0.717, 1.165) is 5.69 Å². The first-order valence-corrected chi connectivity index (χ1v) is 7.71. The molecule has 1 rings (SSSR count). The Balaban J connectivity index is 2.95. The van der Waals surface area contributed by atoms with Crippen molar-refractivity contribution in [1.82, 2.24) is 9.55 Å². The average Bonchev–Trinajstić information content (AvgIpc) is 2.66. The zero-order chi connectivity index (χ0) is 13.0. The normalized spacial score (nSPS) is 17.1. The molecule has 0 saturated heterocycles. The minimum Gasteiger partial charge on any atom is -0.331 e. The molecule has 1 heterocycles. The van der Waals surface area contributed by atoms with Crippen LogP contribution in [-0.2, 0) is 10.8 Å². The second-order valence-corrected chi connectivity index (χ2v) is 6.38. The van der Waals surface area contributed by atoms with Gasteiger partial charge in [0.1, 0.15) is 0 Å². The van der Waals surface area contributed by atoms with E-state index in [4.69, 9.17) is 5.73 Å². The maximum Gasteiger partial charge on any atom is 0.0951 e. The summed E-state index contributed by atoms with van der Waals surface area (Å²) in [5, 5.41) is 0. The lowest BCUT2D eigenvalue weighted by molar-refractivity contribution is 0.457. The molecule has 1 aromatic heterocycles. The minimum atomic E-state index is -0.794. The van der Waals surface area contributed by atoms with Crippen molar-refractivity contribution < 1.29 is 4.21 Å². The van der Waals surface area contributed by atoms with Gasteiger partial charge in [-0.1, -0.05) is 13.8 Å². The molecule has 0 radical (unpaired) electrons. The molecule has 0 fully saturated rings. The summed E-state index contributed by atoms with van der Waals surface area (Å²) in [5.74, 6) is 1.44. The predicted molar refractivity (Wildman–Crippen MR) is 72.5 cm³/mol. The number of nitrogens with zero attached hydrogens (tertiary/aromatic N) is 2. The summed E-state index contributed by atoms with van der Waals surface area (Å²) >= 11 is 0. The van der Waals surface area contributed by atoms with Crippen LogP contribution in [0.5, 0.6) is 0 Å². The third-order valence-corrected chi connectivity index (χ3v) is 4.04. The first-order chi connectivity index (χ1) is 7.97. The van der Waals surface area contributed by atoms with Crippen LogP contribution in [0.4, 0.5) is 0 Å². The Hall–Kier alpha value is -0.680. The SMILES string of the molecule is CC(C)C(CN)c1cncn1C(C)CS(C)=O. The Kier molecular flexibility index (Phi) is 5.33. The van der Waals surface area contributed by atoms with Crippen LogP contribution in [0, 0.1) is 5.92 Å². The molecule has 0 bridgehead atoms. The van der Waals surface area contributed by atoms with Crippen molar-refractivity contribution >= 4 is 10.8 Å². The smallest absolute Gasteiger partial charge is 0.0951 e. The van der Waals surface area contributed by atoms with Gasteiger partial charge in [-0.05, 0) is 12.8 Å². The average molecular weight is 257 g/mol. The van der Waals surface area contributed by atoms with Crippen molar-refractivity contribution in [2.24, 2.45) is 11.7 Å². The molecule has 3 atom stereocenters. The fraction of sp³-hybridized carbons (Fsp3) is 0.750. The van der Waals surface area contributed by atoms with Crippen LogP contribution in [0.25, 0.3) is 0 Å². The molecule has 17 heavy (non-hydrogen) atoms. The summed E-state index contributed by atoms with van der Waals surface area (Å²) in [5.41, 5.74) is 6.99. The van der Waals surface area contributed by atoms with E-state index >= 15 is 0 Å². The second kappa shape index (κ2) is 6.31. The molecular weight excluding hydrogens is 234 g/mol. The van der Waals surface area contributed by atoms with Crippen molar-refractivity contribution in [3.8, 4) is 0 Å². The summed E-state index contributed by atoms with van der Waals surface area (Å²) in [7, 11) is -0.794. The molecule has 5 heteroatoms. The van der Waals surface area contributed by atoms with E-state index in [2.05, 4.69) is 30.3 Å². The van der Waals surface area contributed by atoms with Crippen LogP contribution >= 0.6 is 0 Å². The van der Waals surface area contributed by atoms with Crippen molar-refractivity contribution in [2.45, 2.75) is 32.7 Å². The Labute approximate surface area is 106 Å². The third-order valence-electron chi connectivity index (χ3n) is 3.09. The van der Waals surface area contributed by atoms with Gasteiger partial charge in [-0.25, -0.2) is 4.98 Å². The summed E-state index contributed by atoms with van der Waals surface area (Å²) in [4.78, 5) is 4.21. The molecule has 0 aliphatic heterocycles. The summed E-state index contributed by atoms with van der Waals surface area (Å²) in [6, 6.07) is 0.200. The van der Waals surface area contributed by atoms with Crippen LogP contribution < -0.4 is 5.73 Å². The number of nitrogens with two attached hydrogens (primary N) is 1. The fourth-order valence-corrected chi connectivity index (χ4v) is 2.96. The molecule has 2 N–H and O–H groups in total. The van der Waals surface area contributed by atoms with Gasteiger partial charge in [-0.3, -0.25) is 4.21 Å². The van der Waals surface area contributed by atoms with Crippen molar-refractivity contribution in [3.63, 3.8) is 0 Å². The van der Waals surface area contributed by atoms with Gasteiger partial charge < -0.3 is 10.3 Å². The third kappa shape index (κ3) is 3.64. The van der Waals surface area contributed by atoms with Crippen molar-refractivity contribution in [3.05, 3.63) is 18.2 Å². The van der Waals surface area contributed by atoms with E-state index < -0.39 is 10.8 Å². The standard InChI is InChI=1S/C12H23N3OS/c1-9(2)11(5-13)12-6-14-8-15(12)10(3)7-17(4)16/h6,8-11H,5,7,13H2,1-4H3. The van der Waals surface area contributed by atoms with E-state index in [1.165, 1.54) is 0 Å². The number of hydrogen-bond donors (Lipinski definition) is 1. The molecular formula is C12H23N3OS. The first-order valence-electron chi connectivity index (χ1n) is 5.99. The highest BCUT2D eigenvalue weighted by Gasteiger charge is 2.20. The molecule has 0 saturated carbocycles. The topological polar surface area (TPSA) is 60.9 Å². The number of rotatable bonds is 6. The summed E-state index contributed by atoms with van der Waals surface area (Å²) < 4.78 is 13.4. The van der Waals surface area contributed by atoms with Crippen LogP contribution in [0.2, 0.25) is 0 Å². The second-order valence-electron chi connectivity index (χ2n) is 4.90. The maximum atomic E-state index is 11.3. The van der Waals surface area contributed by atoms with E-state index in [1.807, 2.05) is 12.5 Å². The Morgan fingerprint density at radius 1 is 1.47 bits per heavy atom. The lowest BCUT2D eigenvalue weighted by Crippen LogP contribution is -2.23. The van der Waals surface area contributed by atoms with Gasteiger partial charge in [-0.15, -0.1) is 0 Å². The largest absolute Gasteiger partial charge is 0.331 e. The lowest BCUT2D eigenvalue weighted by Gasteiger charge is -2.23. The highest BCUT2D eigenvalue weighted by molar-refractivity contribution is 7.84. The highest BCUT2D eigenvalue weighted by atomic mass is 32.2. The monoisotopic (exact) mass is 257 g/mol. The van der Waals surface area contributed by atoms with E-state index in [1.54, 1.807) is 6.26 Å². The van der Waals surface area contributed by atoms with Gasteiger partial charge in [-0.2, -0.15) is 0 Å². The van der Waals surface area contributed by atoms with Crippen molar-refractivity contribution in [2.75, 3.05) is 18.6 Å². The molecule has 4 nitrogen and oxygen atoms in total. The fourth-order valence-electron chi connectivity index (χ4n) is 2.12. The molecule has 1 aromatic rings. The van der Waals surface area contributed by atoms with Crippen LogP contribution in [0.1, 0.15) is 38.4 Å². The van der Waals surface area contributed by atoms with E-state index in [9.17, 15) is 4.21 Å². The molecule has 0 aliphatic rings. The van der Waals surface area contributed by atoms with Gasteiger partial charge in [0.2, 0.25) is 0 Å². The minimum absolute atomic E-state index is 0.200. The van der Waals surface area contributed by atoms with Crippen LogP contribution in [0.15, 0.2) is 12.5 Å². The van der Waals surface area contributed by atoms with Crippen molar-refractivity contribution in [1.29, 1.82) is 0 Å². The van der Waals surface area contributed by atoms with Crippen LogP contribution in [0.3, 0.4) is 0 Å². The highest BCUT2D eigenvalue weighted by Crippen LogP contribution is 2.25. The number of imidazole rings is 1. The Bertz CT molecular complexity index is 376. The molecule has 98 valence electrons. The van der Waals surface area contributed by atoms with Crippen LogP contribution in [-0.4, -0.2) is 32.3 Å². The van der Waals surface area contributed by atoms with Gasteiger partial charge in [0.25, 0.3) is 0 Å². The maximum absolute atomic E-state index is 11.3. The quantitative estimate of drug-likeness (QED) is 0.840. The zero-order valence-corrected chi connectivity index (χ0v) is 11.9. The predicted octanol–water partition coefficient (Wildman–Crippen LogP) is 1.52. The number of aromatic nitrogens is 2. The molecule has 0 aromatic carbocycles. The first kappa shape index (κ1) is 14.4. The van der Waals surface area contributed by atoms with Gasteiger partial charge >= 0.3 is 0 Å². The van der Waals surface area contributed by atoms with E-state index in [-0.39, 0.29) is 6.04 Å². The lowest BCUT2D eigenvalue weighted by atomic mass is 9.93. The van der Waals surface area contributed by atoms with Gasteiger partial charge in [0, 0.05) is 53.2 Å². The molecule has 3 unspecified atom stereocenters. The molecule has 0 spiro atoms. The Morgan fingerprint density at radius 3 is 2.59 bits per heavy atom. The van der Waals surface area contributed by atoms with E-state index in [0.29, 0.717) is 24.1 Å². The Morgan fingerprint density at radius 2 is 2.12 bits per heavy atom. The molecule has 0 amide bonds. The number of hydrogen-bond acceptors (Lipinski definition) is 3. The summed E-state index contributed by atoms with van der Waals surface area (Å²) in [6.45, 7) is 7.01.